The van der Waals surface area contributed by atoms with Crippen molar-refractivity contribution in [2.75, 3.05) is 49.6 Å². The summed E-state index contributed by atoms with van der Waals surface area (Å²) < 4.78 is 13.0. The average molecular weight is 341 g/mol. The fourth-order valence-corrected chi connectivity index (χ4v) is 3.10. The van der Waals surface area contributed by atoms with Crippen LogP contribution in [0.15, 0.2) is 54.6 Å². The summed E-state index contributed by atoms with van der Waals surface area (Å²) in [4.78, 5) is 18.7. The minimum Gasteiger partial charge on any atom is -0.374 e. The average Bonchev–Trinajstić information content (AvgIpc) is 2.67. The molecule has 1 aliphatic heterocycles. The van der Waals surface area contributed by atoms with Crippen LogP contribution in [0.25, 0.3) is 0 Å². The van der Waals surface area contributed by atoms with Gasteiger partial charge in [0.15, 0.2) is 0 Å². The maximum absolute atomic E-state index is 13.0. The van der Waals surface area contributed by atoms with Gasteiger partial charge in [-0.15, -0.1) is 0 Å². The second kappa shape index (κ2) is 8.01. The molecule has 0 N–H and O–H groups in total. The summed E-state index contributed by atoms with van der Waals surface area (Å²) in [5.41, 5.74) is 2.13. The third-order valence-electron chi connectivity index (χ3n) is 4.68. The lowest BCUT2D eigenvalue weighted by Gasteiger charge is -2.36. The Balaban J connectivity index is 1.46. The highest BCUT2D eigenvalue weighted by Gasteiger charge is 2.21. The van der Waals surface area contributed by atoms with Gasteiger partial charge in [0.25, 0.3) is 0 Å². The minimum absolute atomic E-state index is 0.196. The zero-order valence-electron chi connectivity index (χ0n) is 14.6. The monoisotopic (exact) mass is 341 g/mol. The van der Waals surface area contributed by atoms with Gasteiger partial charge in [-0.2, -0.15) is 0 Å². The molecule has 0 unspecified atom stereocenters. The maximum Gasteiger partial charge on any atom is 0.224 e. The van der Waals surface area contributed by atoms with E-state index in [4.69, 9.17) is 0 Å². The molecule has 0 atom stereocenters. The summed E-state index contributed by atoms with van der Waals surface area (Å²) >= 11 is 0. The molecule has 0 saturated carbocycles. The maximum atomic E-state index is 13.0. The van der Waals surface area contributed by atoms with Crippen molar-refractivity contribution in [2.45, 2.75) is 6.42 Å². The van der Waals surface area contributed by atoms with Crippen molar-refractivity contribution in [3.05, 3.63) is 60.4 Å². The second-order valence-corrected chi connectivity index (χ2v) is 6.35. The van der Waals surface area contributed by atoms with Gasteiger partial charge in [-0.1, -0.05) is 18.2 Å². The van der Waals surface area contributed by atoms with Gasteiger partial charge < -0.3 is 14.7 Å². The molecule has 1 amide bonds. The Morgan fingerprint density at radius 2 is 1.64 bits per heavy atom. The number of piperazine rings is 1. The van der Waals surface area contributed by atoms with Crippen LogP contribution in [0.2, 0.25) is 0 Å². The van der Waals surface area contributed by atoms with E-state index in [9.17, 15) is 9.18 Å². The van der Waals surface area contributed by atoms with Gasteiger partial charge >= 0.3 is 0 Å². The predicted octanol–water partition coefficient (Wildman–Crippen LogP) is 3.00. The number of rotatable bonds is 5. The van der Waals surface area contributed by atoms with Gasteiger partial charge in [0.05, 0.1) is 0 Å². The largest absolute Gasteiger partial charge is 0.374 e. The highest BCUT2D eigenvalue weighted by molar-refractivity contribution is 5.77. The first kappa shape index (κ1) is 17.3. The highest BCUT2D eigenvalue weighted by Crippen LogP contribution is 2.17. The lowest BCUT2D eigenvalue weighted by molar-refractivity contribution is -0.131. The Morgan fingerprint density at radius 1 is 1.00 bits per heavy atom. The van der Waals surface area contributed by atoms with Gasteiger partial charge in [0.2, 0.25) is 5.91 Å². The van der Waals surface area contributed by atoms with Crippen molar-refractivity contribution in [3.8, 4) is 0 Å². The van der Waals surface area contributed by atoms with Crippen LogP contribution in [0.5, 0.6) is 0 Å². The molecule has 2 aromatic rings. The van der Waals surface area contributed by atoms with E-state index < -0.39 is 0 Å². The van der Waals surface area contributed by atoms with Crippen LogP contribution in [0.4, 0.5) is 15.8 Å². The summed E-state index contributed by atoms with van der Waals surface area (Å²) in [6.07, 6.45) is 0.516. The normalized spacial score (nSPS) is 14.5. The lowest BCUT2D eigenvalue weighted by Crippen LogP contribution is -2.49. The molecule has 1 saturated heterocycles. The smallest absolute Gasteiger partial charge is 0.224 e. The molecule has 5 heteroatoms. The van der Waals surface area contributed by atoms with Crippen LogP contribution in [-0.2, 0) is 4.79 Å². The van der Waals surface area contributed by atoms with E-state index in [0.717, 1.165) is 24.5 Å². The molecule has 0 bridgehead atoms. The molecule has 1 aliphatic rings. The third-order valence-corrected chi connectivity index (χ3v) is 4.68. The number of hydrogen-bond donors (Lipinski definition) is 0. The van der Waals surface area contributed by atoms with E-state index in [-0.39, 0.29) is 11.7 Å². The molecular weight excluding hydrogens is 317 g/mol. The number of para-hydroxylation sites is 1. The molecule has 0 spiro atoms. The molecule has 0 radical (unpaired) electrons. The molecule has 3 rings (SSSR count). The number of amides is 1. The quantitative estimate of drug-likeness (QED) is 0.836. The van der Waals surface area contributed by atoms with E-state index in [1.807, 2.05) is 42.3 Å². The van der Waals surface area contributed by atoms with Crippen molar-refractivity contribution in [3.63, 3.8) is 0 Å². The first-order valence-electron chi connectivity index (χ1n) is 8.68. The SMILES string of the molecule is CN(CCC(=O)N1CCN(c2ccc(F)cc2)CC1)c1ccccc1. The molecule has 4 nitrogen and oxygen atoms in total. The van der Waals surface area contributed by atoms with E-state index in [1.54, 1.807) is 12.1 Å². The number of hydrogen-bond acceptors (Lipinski definition) is 3. The molecule has 25 heavy (non-hydrogen) atoms. The zero-order valence-corrected chi connectivity index (χ0v) is 14.6. The van der Waals surface area contributed by atoms with Crippen LogP contribution in [0, 0.1) is 5.82 Å². The fourth-order valence-electron chi connectivity index (χ4n) is 3.10. The molecule has 1 heterocycles. The van der Waals surface area contributed by atoms with Crippen molar-refractivity contribution < 1.29 is 9.18 Å². The topological polar surface area (TPSA) is 26.8 Å². The van der Waals surface area contributed by atoms with Crippen LogP contribution in [0.1, 0.15) is 6.42 Å². The predicted molar refractivity (Wildman–Crippen MR) is 99.5 cm³/mol. The molecule has 2 aromatic carbocycles. The zero-order chi connectivity index (χ0) is 17.6. The van der Waals surface area contributed by atoms with Gasteiger partial charge in [-0.3, -0.25) is 4.79 Å². The number of carbonyl (C=O) groups is 1. The lowest BCUT2D eigenvalue weighted by atomic mass is 10.2. The fraction of sp³-hybridized carbons (Fsp3) is 0.350. The Bertz CT molecular complexity index is 682. The van der Waals surface area contributed by atoms with Crippen LogP contribution >= 0.6 is 0 Å². The van der Waals surface area contributed by atoms with Crippen molar-refractivity contribution >= 4 is 17.3 Å². The Hall–Kier alpha value is -2.56. The first-order chi connectivity index (χ1) is 12.1. The number of anilines is 2. The molecule has 132 valence electrons. The van der Waals surface area contributed by atoms with Gasteiger partial charge in [0, 0.05) is 57.6 Å². The van der Waals surface area contributed by atoms with E-state index >= 15 is 0 Å². The standard InChI is InChI=1S/C20H24FN3O/c1-22(18-5-3-2-4-6-18)12-11-20(25)24-15-13-23(14-16-24)19-9-7-17(21)8-10-19/h2-10H,11-16H2,1H3. The van der Waals surface area contributed by atoms with Gasteiger partial charge in [-0.25, -0.2) is 4.39 Å². The second-order valence-electron chi connectivity index (χ2n) is 6.35. The van der Waals surface area contributed by atoms with Gasteiger partial charge in [0.1, 0.15) is 5.82 Å². The summed E-state index contributed by atoms with van der Waals surface area (Å²) in [7, 11) is 2.01. The van der Waals surface area contributed by atoms with Crippen molar-refractivity contribution in [1.82, 2.24) is 4.90 Å². The first-order valence-corrected chi connectivity index (χ1v) is 8.68. The number of benzene rings is 2. The number of halogens is 1. The molecule has 1 fully saturated rings. The van der Waals surface area contributed by atoms with Crippen LogP contribution in [-0.4, -0.2) is 50.6 Å². The number of nitrogens with zero attached hydrogens (tertiary/aromatic N) is 3. The number of carbonyl (C=O) groups excluding carboxylic acids is 1. The Kier molecular flexibility index (Phi) is 5.53. The third kappa shape index (κ3) is 4.50. The van der Waals surface area contributed by atoms with E-state index in [1.165, 1.54) is 12.1 Å². The summed E-state index contributed by atoms with van der Waals surface area (Å²) in [5, 5.41) is 0. The van der Waals surface area contributed by atoms with E-state index in [0.29, 0.717) is 26.1 Å². The Labute approximate surface area is 148 Å². The highest BCUT2D eigenvalue weighted by atomic mass is 19.1. The van der Waals surface area contributed by atoms with Crippen LogP contribution < -0.4 is 9.80 Å². The summed E-state index contributed by atoms with van der Waals surface area (Å²) in [6, 6.07) is 16.6. The van der Waals surface area contributed by atoms with E-state index in [2.05, 4.69) is 9.80 Å². The van der Waals surface area contributed by atoms with Gasteiger partial charge in [-0.05, 0) is 36.4 Å². The summed E-state index contributed by atoms with van der Waals surface area (Å²) in [5.74, 6) is -0.0263. The molecule has 0 aromatic heterocycles. The molecular formula is C20H24FN3O. The minimum atomic E-state index is -0.222. The Morgan fingerprint density at radius 3 is 2.28 bits per heavy atom. The molecule has 0 aliphatic carbocycles. The summed E-state index contributed by atoms with van der Waals surface area (Å²) in [6.45, 7) is 3.70. The van der Waals surface area contributed by atoms with Crippen molar-refractivity contribution in [1.29, 1.82) is 0 Å². The van der Waals surface area contributed by atoms with Crippen molar-refractivity contribution in [2.24, 2.45) is 0 Å². The van der Waals surface area contributed by atoms with Crippen LogP contribution in [0.3, 0.4) is 0 Å².